The van der Waals surface area contributed by atoms with Crippen LogP contribution in [0.2, 0.25) is 0 Å². The van der Waals surface area contributed by atoms with Gasteiger partial charge < -0.3 is 9.88 Å². The van der Waals surface area contributed by atoms with E-state index in [1.165, 1.54) is 0 Å². The number of benzene rings is 1. The summed E-state index contributed by atoms with van der Waals surface area (Å²) in [6.07, 6.45) is 2.81. The molecule has 0 saturated heterocycles. The van der Waals surface area contributed by atoms with Crippen molar-refractivity contribution in [1.82, 2.24) is 4.57 Å². The monoisotopic (exact) mass is 338 g/mol. The molecule has 0 unspecified atom stereocenters. The number of fused-ring (bicyclic) bond motifs is 1. The Morgan fingerprint density at radius 1 is 1.24 bits per heavy atom. The van der Waals surface area contributed by atoms with Crippen molar-refractivity contribution >= 4 is 17.4 Å². The number of anilines is 1. The van der Waals surface area contributed by atoms with E-state index in [0.717, 1.165) is 41.2 Å². The van der Waals surface area contributed by atoms with Gasteiger partial charge in [0.2, 0.25) is 5.91 Å². The number of Topliss-reactive ketones (excluding diaryl/α,β-unsaturated/α-hetero) is 1. The Morgan fingerprint density at radius 2 is 2.00 bits per heavy atom. The SMILES string of the molecule is CCCC(=O)Nc1cccc(-n2c(C)cc3c2CC(C)(C)CC3=O)c1. The second kappa shape index (κ2) is 6.51. The first-order chi connectivity index (χ1) is 11.8. The Labute approximate surface area is 149 Å². The molecule has 1 aromatic heterocycles. The molecule has 4 nitrogen and oxygen atoms in total. The fourth-order valence-electron chi connectivity index (χ4n) is 3.68. The molecule has 1 aliphatic rings. The summed E-state index contributed by atoms with van der Waals surface area (Å²) in [5.41, 5.74) is 4.72. The molecule has 2 aromatic rings. The molecule has 1 aromatic carbocycles. The van der Waals surface area contributed by atoms with Gasteiger partial charge in [-0.2, -0.15) is 0 Å². The number of hydrogen-bond acceptors (Lipinski definition) is 2. The van der Waals surface area contributed by atoms with Gasteiger partial charge in [0.05, 0.1) is 0 Å². The molecule has 4 heteroatoms. The van der Waals surface area contributed by atoms with Crippen LogP contribution >= 0.6 is 0 Å². The van der Waals surface area contributed by atoms with Gasteiger partial charge in [-0.15, -0.1) is 0 Å². The standard InChI is InChI=1S/C21H26N2O2/c1-5-7-20(25)22-15-8-6-9-16(11-15)23-14(2)10-17-18(23)12-21(3,4)13-19(17)24/h6,8-11H,5,7,12-13H2,1-4H3,(H,22,25). The van der Waals surface area contributed by atoms with E-state index < -0.39 is 0 Å². The molecule has 1 heterocycles. The molecule has 132 valence electrons. The Balaban J connectivity index is 2.01. The van der Waals surface area contributed by atoms with Gasteiger partial charge in [-0.3, -0.25) is 9.59 Å². The predicted molar refractivity (Wildman–Crippen MR) is 100 cm³/mol. The summed E-state index contributed by atoms with van der Waals surface area (Å²) in [6.45, 7) is 8.30. The Hall–Kier alpha value is -2.36. The van der Waals surface area contributed by atoms with Crippen LogP contribution < -0.4 is 5.32 Å². The normalized spacial score (nSPS) is 15.8. The van der Waals surface area contributed by atoms with Crippen LogP contribution in [0.4, 0.5) is 5.69 Å². The third-order valence-electron chi connectivity index (χ3n) is 4.74. The fraction of sp³-hybridized carbons (Fsp3) is 0.429. The number of nitrogens with one attached hydrogen (secondary N) is 1. The maximum atomic E-state index is 12.5. The number of carbonyl (C=O) groups is 2. The fourth-order valence-corrected chi connectivity index (χ4v) is 3.68. The van der Waals surface area contributed by atoms with E-state index in [1.807, 2.05) is 44.2 Å². The van der Waals surface area contributed by atoms with Crippen LogP contribution in [-0.4, -0.2) is 16.3 Å². The number of nitrogens with zero attached hydrogens (tertiary/aromatic N) is 1. The van der Waals surface area contributed by atoms with Gasteiger partial charge in [0.1, 0.15) is 0 Å². The zero-order valence-electron chi connectivity index (χ0n) is 15.5. The lowest BCUT2D eigenvalue weighted by atomic mass is 9.76. The van der Waals surface area contributed by atoms with Crippen molar-refractivity contribution in [2.45, 2.75) is 53.4 Å². The lowest BCUT2D eigenvalue weighted by Gasteiger charge is -2.30. The summed E-state index contributed by atoms with van der Waals surface area (Å²) < 4.78 is 2.16. The van der Waals surface area contributed by atoms with Crippen LogP contribution in [0.15, 0.2) is 30.3 Å². The number of rotatable bonds is 4. The number of aromatic nitrogens is 1. The van der Waals surface area contributed by atoms with Gasteiger partial charge in [-0.05, 0) is 49.4 Å². The van der Waals surface area contributed by atoms with Crippen molar-refractivity contribution in [1.29, 1.82) is 0 Å². The smallest absolute Gasteiger partial charge is 0.224 e. The lowest BCUT2D eigenvalue weighted by molar-refractivity contribution is -0.116. The largest absolute Gasteiger partial charge is 0.326 e. The highest BCUT2D eigenvalue weighted by molar-refractivity contribution is 5.99. The Morgan fingerprint density at radius 3 is 2.72 bits per heavy atom. The van der Waals surface area contributed by atoms with Crippen LogP contribution in [-0.2, 0) is 11.2 Å². The third kappa shape index (κ3) is 3.53. The summed E-state index contributed by atoms with van der Waals surface area (Å²) in [5.74, 6) is 0.253. The second-order valence-electron chi connectivity index (χ2n) is 7.77. The maximum absolute atomic E-state index is 12.5. The van der Waals surface area contributed by atoms with E-state index in [4.69, 9.17) is 0 Å². The minimum Gasteiger partial charge on any atom is -0.326 e. The number of amides is 1. The molecule has 1 N–H and O–H groups in total. The zero-order valence-corrected chi connectivity index (χ0v) is 15.5. The van der Waals surface area contributed by atoms with Crippen molar-refractivity contribution in [3.8, 4) is 5.69 Å². The van der Waals surface area contributed by atoms with Crippen molar-refractivity contribution in [3.63, 3.8) is 0 Å². The first kappa shape index (κ1) is 17.5. The molecule has 3 rings (SSSR count). The highest BCUT2D eigenvalue weighted by Crippen LogP contribution is 2.37. The van der Waals surface area contributed by atoms with Crippen LogP contribution in [0.5, 0.6) is 0 Å². The van der Waals surface area contributed by atoms with E-state index in [-0.39, 0.29) is 17.1 Å². The minimum absolute atomic E-state index is 0.0282. The highest BCUT2D eigenvalue weighted by atomic mass is 16.1. The number of aryl methyl sites for hydroxylation is 1. The predicted octanol–water partition coefficient (Wildman–Crippen LogP) is 4.68. The average molecular weight is 338 g/mol. The zero-order chi connectivity index (χ0) is 18.2. The van der Waals surface area contributed by atoms with Gasteiger partial charge >= 0.3 is 0 Å². The molecule has 1 amide bonds. The van der Waals surface area contributed by atoms with Crippen molar-refractivity contribution in [2.75, 3.05) is 5.32 Å². The average Bonchev–Trinajstić information content (AvgIpc) is 2.83. The molecule has 0 radical (unpaired) electrons. The molecule has 0 atom stereocenters. The molecule has 25 heavy (non-hydrogen) atoms. The van der Waals surface area contributed by atoms with E-state index in [2.05, 4.69) is 23.7 Å². The summed E-state index contributed by atoms with van der Waals surface area (Å²) in [7, 11) is 0. The molecular formula is C21H26N2O2. The van der Waals surface area contributed by atoms with Crippen LogP contribution in [0.3, 0.4) is 0 Å². The lowest BCUT2D eigenvalue weighted by Crippen LogP contribution is -2.27. The molecule has 0 fully saturated rings. The van der Waals surface area contributed by atoms with Crippen molar-refractivity contribution in [3.05, 3.63) is 47.3 Å². The van der Waals surface area contributed by atoms with E-state index in [9.17, 15) is 9.59 Å². The number of ketones is 1. The summed E-state index contributed by atoms with van der Waals surface area (Å²) in [5, 5.41) is 2.95. The maximum Gasteiger partial charge on any atom is 0.224 e. The van der Waals surface area contributed by atoms with Crippen LogP contribution in [0.1, 0.15) is 61.8 Å². The topological polar surface area (TPSA) is 51.1 Å². The summed E-state index contributed by atoms with van der Waals surface area (Å²) in [4.78, 5) is 24.4. The first-order valence-corrected chi connectivity index (χ1v) is 8.95. The number of carbonyl (C=O) groups excluding carboxylic acids is 2. The van der Waals surface area contributed by atoms with Crippen molar-refractivity contribution in [2.24, 2.45) is 5.41 Å². The first-order valence-electron chi connectivity index (χ1n) is 8.95. The van der Waals surface area contributed by atoms with Gasteiger partial charge in [0.25, 0.3) is 0 Å². The van der Waals surface area contributed by atoms with Gasteiger partial charge in [0.15, 0.2) is 5.78 Å². The van der Waals surface area contributed by atoms with E-state index >= 15 is 0 Å². The summed E-state index contributed by atoms with van der Waals surface area (Å²) >= 11 is 0. The van der Waals surface area contributed by atoms with E-state index in [0.29, 0.717) is 12.8 Å². The molecule has 0 saturated carbocycles. The minimum atomic E-state index is -0.0282. The number of hydrogen-bond donors (Lipinski definition) is 1. The quantitative estimate of drug-likeness (QED) is 0.880. The molecule has 1 aliphatic carbocycles. The van der Waals surface area contributed by atoms with Gasteiger partial charge in [-0.1, -0.05) is 26.8 Å². The Bertz CT molecular complexity index is 830. The van der Waals surface area contributed by atoms with Crippen LogP contribution in [0.25, 0.3) is 5.69 Å². The van der Waals surface area contributed by atoms with E-state index in [1.54, 1.807) is 0 Å². The Kier molecular flexibility index (Phi) is 4.55. The summed E-state index contributed by atoms with van der Waals surface area (Å²) in [6, 6.07) is 9.84. The molecule has 0 bridgehead atoms. The van der Waals surface area contributed by atoms with Gasteiger partial charge in [-0.25, -0.2) is 0 Å². The highest BCUT2D eigenvalue weighted by Gasteiger charge is 2.34. The van der Waals surface area contributed by atoms with Gasteiger partial charge in [0, 0.05) is 41.2 Å². The van der Waals surface area contributed by atoms with Crippen molar-refractivity contribution < 1.29 is 9.59 Å². The molecular weight excluding hydrogens is 312 g/mol. The second-order valence-corrected chi connectivity index (χ2v) is 7.77. The molecule has 0 spiro atoms. The van der Waals surface area contributed by atoms with Crippen LogP contribution in [0, 0.1) is 12.3 Å². The molecule has 0 aliphatic heterocycles. The third-order valence-corrected chi connectivity index (χ3v) is 4.74.